The van der Waals surface area contributed by atoms with Crippen LogP contribution in [0.1, 0.15) is 25.7 Å². The third-order valence-electron chi connectivity index (χ3n) is 2.13. The van der Waals surface area contributed by atoms with Crippen LogP contribution in [0.2, 0.25) is 0 Å². The standard InChI is InChI=1S/C7H14N2O2/c8-6(10)9-5-7(11)3-1-2-4-7/h11H,1-5H2,(H3,8,9,10). The van der Waals surface area contributed by atoms with E-state index in [1.807, 2.05) is 0 Å². The Balaban J connectivity index is 2.28. The number of urea groups is 1. The van der Waals surface area contributed by atoms with Gasteiger partial charge in [0.05, 0.1) is 5.60 Å². The molecule has 4 nitrogen and oxygen atoms in total. The smallest absolute Gasteiger partial charge is 0.312 e. The van der Waals surface area contributed by atoms with Gasteiger partial charge in [0.15, 0.2) is 0 Å². The zero-order valence-corrected chi connectivity index (χ0v) is 6.47. The van der Waals surface area contributed by atoms with Crippen LogP contribution in [0.25, 0.3) is 0 Å². The second kappa shape index (κ2) is 3.09. The van der Waals surface area contributed by atoms with Crippen molar-refractivity contribution in [1.29, 1.82) is 0 Å². The van der Waals surface area contributed by atoms with Crippen LogP contribution in [0.3, 0.4) is 0 Å². The van der Waals surface area contributed by atoms with Crippen molar-refractivity contribution in [2.45, 2.75) is 31.3 Å². The lowest BCUT2D eigenvalue weighted by atomic mass is 10.0. The van der Waals surface area contributed by atoms with E-state index in [1.165, 1.54) is 0 Å². The van der Waals surface area contributed by atoms with Crippen molar-refractivity contribution in [3.63, 3.8) is 0 Å². The zero-order valence-electron chi connectivity index (χ0n) is 6.47. The van der Waals surface area contributed by atoms with E-state index in [0.29, 0.717) is 6.54 Å². The molecule has 2 amide bonds. The molecule has 64 valence electrons. The quantitative estimate of drug-likeness (QED) is 0.527. The summed E-state index contributed by atoms with van der Waals surface area (Å²) in [6.07, 6.45) is 3.62. The van der Waals surface area contributed by atoms with Gasteiger partial charge in [-0.3, -0.25) is 0 Å². The topological polar surface area (TPSA) is 75.4 Å². The average Bonchev–Trinajstić information content (AvgIpc) is 2.33. The van der Waals surface area contributed by atoms with E-state index in [0.717, 1.165) is 25.7 Å². The summed E-state index contributed by atoms with van der Waals surface area (Å²) in [6, 6.07) is -0.565. The average molecular weight is 158 g/mol. The first-order chi connectivity index (χ1) is 5.12. The predicted molar refractivity (Wildman–Crippen MR) is 41.0 cm³/mol. The third kappa shape index (κ3) is 2.38. The van der Waals surface area contributed by atoms with Gasteiger partial charge in [-0.2, -0.15) is 0 Å². The molecule has 0 aliphatic heterocycles. The Morgan fingerprint density at radius 2 is 2.09 bits per heavy atom. The molecule has 11 heavy (non-hydrogen) atoms. The summed E-state index contributed by atoms with van der Waals surface area (Å²) in [5, 5.41) is 12.1. The monoisotopic (exact) mass is 158 g/mol. The second-order valence-corrected chi connectivity index (χ2v) is 3.15. The maximum absolute atomic E-state index is 10.3. The van der Waals surface area contributed by atoms with Gasteiger partial charge in [-0.15, -0.1) is 0 Å². The molecule has 1 saturated carbocycles. The summed E-state index contributed by atoms with van der Waals surface area (Å²) in [7, 11) is 0. The molecule has 0 heterocycles. The van der Waals surface area contributed by atoms with Crippen LogP contribution in [0.5, 0.6) is 0 Å². The minimum atomic E-state index is -0.685. The molecule has 1 fully saturated rings. The van der Waals surface area contributed by atoms with Crippen molar-refractivity contribution in [3.8, 4) is 0 Å². The van der Waals surface area contributed by atoms with Crippen molar-refractivity contribution in [1.82, 2.24) is 5.32 Å². The fourth-order valence-electron chi connectivity index (χ4n) is 1.46. The van der Waals surface area contributed by atoms with E-state index >= 15 is 0 Å². The first kappa shape index (κ1) is 8.33. The number of carbonyl (C=O) groups is 1. The highest BCUT2D eigenvalue weighted by atomic mass is 16.3. The van der Waals surface area contributed by atoms with Gasteiger partial charge in [-0.1, -0.05) is 12.8 Å². The van der Waals surface area contributed by atoms with Gasteiger partial charge in [0, 0.05) is 6.54 Å². The maximum Gasteiger partial charge on any atom is 0.312 e. The lowest BCUT2D eigenvalue weighted by Gasteiger charge is -2.21. The fourth-order valence-corrected chi connectivity index (χ4v) is 1.46. The Bertz CT molecular complexity index is 153. The zero-order chi connectivity index (χ0) is 8.32. The largest absolute Gasteiger partial charge is 0.388 e. The number of hydrogen-bond donors (Lipinski definition) is 3. The third-order valence-corrected chi connectivity index (χ3v) is 2.13. The molecule has 0 bridgehead atoms. The van der Waals surface area contributed by atoms with Crippen LogP contribution >= 0.6 is 0 Å². The normalized spacial score (nSPS) is 21.5. The molecule has 0 aromatic heterocycles. The molecule has 0 atom stereocenters. The number of nitrogens with two attached hydrogens (primary N) is 1. The van der Waals surface area contributed by atoms with E-state index < -0.39 is 11.6 Å². The summed E-state index contributed by atoms with van der Waals surface area (Å²) < 4.78 is 0. The molecule has 0 radical (unpaired) electrons. The number of nitrogens with one attached hydrogen (secondary N) is 1. The van der Waals surface area contributed by atoms with Crippen LogP contribution in [0.4, 0.5) is 4.79 Å². The second-order valence-electron chi connectivity index (χ2n) is 3.15. The van der Waals surface area contributed by atoms with Gasteiger partial charge in [-0.05, 0) is 12.8 Å². The van der Waals surface area contributed by atoms with Crippen LogP contribution in [0, 0.1) is 0 Å². The number of rotatable bonds is 2. The molecular formula is C7H14N2O2. The van der Waals surface area contributed by atoms with Crippen LogP contribution in [0.15, 0.2) is 0 Å². The van der Waals surface area contributed by atoms with E-state index in [9.17, 15) is 9.90 Å². The van der Waals surface area contributed by atoms with Crippen molar-refractivity contribution >= 4 is 6.03 Å². The number of amides is 2. The maximum atomic E-state index is 10.3. The van der Waals surface area contributed by atoms with Crippen molar-refractivity contribution in [2.75, 3.05) is 6.54 Å². The van der Waals surface area contributed by atoms with Crippen LogP contribution in [-0.4, -0.2) is 23.3 Å². The van der Waals surface area contributed by atoms with E-state index in [2.05, 4.69) is 5.32 Å². The predicted octanol–water partition coefficient (Wildman–Crippen LogP) is -0.0402. The van der Waals surface area contributed by atoms with Crippen molar-refractivity contribution < 1.29 is 9.90 Å². The van der Waals surface area contributed by atoms with E-state index in [1.54, 1.807) is 0 Å². The Kier molecular flexibility index (Phi) is 2.34. The molecule has 4 heteroatoms. The highest BCUT2D eigenvalue weighted by Crippen LogP contribution is 2.28. The highest BCUT2D eigenvalue weighted by Gasteiger charge is 2.30. The molecule has 4 N–H and O–H groups in total. The Morgan fingerprint density at radius 3 is 2.55 bits per heavy atom. The summed E-state index contributed by atoms with van der Waals surface area (Å²) in [5.74, 6) is 0. The highest BCUT2D eigenvalue weighted by molar-refractivity contribution is 5.71. The van der Waals surface area contributed by atoms with E-state index in [-0.39, 0.29) is 0 Å². The fraction of sp³-hybridized carbons (Fsp3) is 0.857. The number of carbonyl (C=O) groups excluding carboxylic acids is 1. The molecule has 1 rings (SSSR count). The molecule has 0 aromatic carbocycles. The molecule has 0 spiro atoms. The Morgan fingerprint density at radius 1 is 1.55 bits per heavy atom. The van der Waals surface area contributed by atoms with Gasteiger partial charge >= 0.3 is 6.03 Å². The summed E-state index contributed by atoms with van der Waals surface area (Å²) in [6.45, 7) is 0.294. The molecular weight excluding hydrogens is 144 g/mol. The van der Waals surface area contributed by atoms with Crippen LogP contribution < -0.4 is 11.1 Å². The molecule has 1 aliphatic rings. The molecule has 0 aromatic rings. The Labute approximate surface area is 65.8 Å². The minimum Gasteiger partial charge on any atom is -0.388 e. The van der Waals surface area contributed by atoms with Crippen LogP contribution in [-0.2, 0) is 0 Å². The van der Waals surface area contributed by atoms with Gasteiger partial charge < -0.3 is 16.2 Å². The van der Waals surface area contributed by atoms with Gasteiger partial charge in [0.1, 0.15) is 0 Å². The first-order valence-corrected chi connectivity index (χ1v) is 3.88. The SMILES string of the molecule is NC(=O)NCC1(O)CCCC1. The number of hydrogen-bond acceptors (Lipinski definition) is 2. The van der Waals surface area contributed by atoms with Gasteiger partial charge in [-0.25, -0.2) is 4.79 Å². The molecule has 0 unspecified atom stereocenters. The van der Waals surface area contributed by atoms with Gasteiger partial charge in [0.25, 0.3) is 0 Å². The number of primary amides is 1. The van der Waals surface area contributed by atoms with E-state index in [4.69, 9.17) is 5.73 Å². The summed E-state index contributed by atoms with van der Waals surface area (Å²) in [5.41, 5.74) is 4.18. The summed E-state index contributed by atoms with van der Waals surface area (Å²) >= 11 is 0. The lowest BCUT2D eigenvalue weighted by molar-refractivity contribution is 0.0504. The van der Waals surface area contributed by atoms with Crippen molar-refractivity contribution in [2.24, 2.45) is 5.73 Å². The lowest BCUT2D eigenvalue weighted by Crippen LogP contribution is -2.42. The Hall–Kier alpha value is -0.770. The van der Waals surface area contributed by atoms with Crippen molar-refractivity contribution in [3.05, 3.63) is 0 Å². The molecule has 1 aliphatic carbocycles. The first-order valence-electron chi connectivity index (χ1n) is 3.88. The van der Waals surface area contributed by atoms with Gasteiger partial charge in [0.2, 0.25) is 0 Å². The summed E-state index contributed by atoms with van der Waals surface area (Å²) in [4.78, 5) is 10.3. The minimum absolute atomic E-state index is 0.294. The molecule has 0 saturated heterocycles. The number of aliphatic hydroxyl groups is 1.